The van der Waals surface area contributed by atoms with Crippen LogP contribution in [0, 0.1) is 0 Å². The summed E-state index contributed by atoms with van der Waals surface area (Å²) in [6.07, 6.45) is 1.89. The van der Waals surface area contributed by atoms with Crippen molar-refractivity contribution in [3.8, 4) is 23.3 Å². The molecule has 9 nitrogen and oxygen atoms in total. The van der Waals surface area contributed by atoms with Gasteiger partial charge in [-0.05, 0) is 42.8 Å². The van der Waals surface area contributed by atoms with Gasteiger partial charge >= 0.3 is 0 Å². The number of ether oxygens (including phenoxy) is 2. The molecule has 0 radical (unpaired) electrons. The Morgan fingerprint density at radius 3 is 2.19 bits per heavy atom. The average Bonchev–Trinajstić information content (AvgIpc) is 3.01. The first-order valence-corrected chi connectivity index (χ1v) is 9.69. The van der Waals surface area contributed by atoms with E-state index in [4.69, 9.17) is 9.47 Å². The third-order valence-electron chi connectivity index (χ3n) is 4.78. The van der Waals surface area contributed by atoms with Crippen molar-refractivity contribution in [3.63, 3.8) is 0 Å². The number of aromatic nitrogens is 1. The van der Waals surface area contributed by atoms with Crippen LogP contribution in [0.4, 0.5) is 0 Å². The van der Waals surface area contributed by atoms with E-state index in [2.05, 4.69) is 17.2 Å². The van der Waals surface area contributed by atoms with Gasteiger partial charge in [0.25, 0.3) is 11.8 Å². The fourth-order valence-electron chi connectivity index (χ4n) is 2.97. The Labute approximate surface area is 178 Å². The topological polar surface area (TPSA) is 123 Å². The van der Waals surface area contributed by atoms with Gasteiger partial charge in [0.2, 0.25) is 11.8 Å². The number of rotatable bonds is 7. The van der Waals surface area contributed by atoms with Gasteiger partial charge in [0, 0.05) is 28.9 Å². The first-order valence-electron chi connectivity index (χ1n) is 9.69. The minimum absolute atomic E-state index is 0.113. The van der Waals surface area contributed by atoms with Crippen molar-refractivity contribution in [2.24, 2.45) is 17.3 Å². The highest BCUT2D eigenvalue weighted by Gasteiger charge is 2.16. The average molecular weight is 425 g/mol. The van der Waals surface area contributed by atoms with Gasteiger partial charge in [-0.15, -0.1) is 10.2 Å². The summed E-state index contributed by atoms with van der Waals surface area (Å²) < 4.78 is 12.1. The second-order valence-electron chi connectivity index (χ2n) is 6.84. The van der Waals surface area contributed by atoms with Crippen LogP contribution in [0.1, 0.15) is 40.5 Å². The van der Waals surface area contributed by atoms with Gasteiger partial charge in [0.1, 0.15) is 0 Å². The van der Waals surface area contributed by atoms with Gasteiger partial charge < -0.3 is 19.7 Å². The van der Waals surface area contributed by atoms with Crippen molar-refractivity contribution < 1.29 is 29.3 Å². The van der Waals surface area contributed by atoms with Gasteiger partial charge in [-0.3, -0.25) is 14.2 Å². The maximum absolute atomic E-state index is 12.3. The summed E-state index contributed by atoms with van der Waals surface area (Å²) in [5.74, 6) is -0.895. The third kappa shape index (κ3) is 4.50. The first kappa shape index (κ1) is 21.8. The molecule has 0 unspecified atom stereocenters. The van der Waals surface area contributed by atoms with Gasteiger partial charge in [-0.2, -0.15) is 0 Å². The molecule has 9 heteroatoms. The van der Waals surface area contributed by atoms with Gasteiger partial charge in [0.15, 0.2) is 11.5 Å². The van der Waals surface area contributed by atoms with Crippen molar-refractivity contribution in [1.29, 1.82) is 0 Å². The van der Waals surface area contributed by atoms with Crippen LogP contribution in [0.25, 0.3) is 10.8 Å². The van der Waals surface area contributed by atoms with E-state index in [1.807, 2.05) is 0 Å². The number of azo groups is 1. The highest BCUT2D eigenvalue weighted by molar-refractivity contribution is 6.03. The molecule has 162 valence electrons. The number of nitrogens with zero attached hydrogens (tertiary/aromatic N) is 3. The Morgan fingerprint density at radius 2 is 1.55 bits per heavy atom. The normalized spacial score (nSPS) is 11.2. The van der Waals surface area contributed by atoms with E-state index in [1.165, 1.54) is 49.1 Å². The molecule has 3 rings (SSSR count). The zero-order valence-electron chi connectivity index (χ0n) is 17.5. The smallest absolute Gasteiger partial charge is 0.295 e. The van der Waals surface area contributed by atoms with Crippen LogP contribution >= 0.6 is 0 Å². The van der Waals surface area contributed by atoms with Crippen molar-refractivity contribution in [1.82, 2.24) is 4.57 Å². The molecule has 2 amide bonds. The number of unbranched alkanes of at least 4 members (excludes halogenated alkanes) is 1. The molecule has 0 saturated carbocycles. The van der Waals surface area contributed by atoms with Crippen LogP contribution in [0.15, 0.2) is 46.6 Å². The highest BCUT2D eigenvalue weighted by Crippen LogP contribution is 2.35. The third-order valence-corrected chi connectivity index (χ3v) is 4.78. The first-order chi connectivity index (χ1) is 14.9. The molecule has 0 bridgehead atoms. The van der Waals surface area contributed by atoms with Gasteiger partial charge in [-0.1, -0.05) is 13.3 Å². The Bertz CT molecular complexity index is 1170. The number of carbonyl (C=O) groups excluding carboxylic acids is 2. The summed E-state index contributed by atoms with van der Waals surface area (Å²) in [6, 6.07) is 8.89. The van der Waals surface area contributed by atoms with E-state index in [-0.39, 0.29) is 28.3 Å². The number of hydrogen-bond acceptors (Lipinski definition) is 6. The standard InChI is InChI=1S/C22H23N3O6/c1-4-5-10-31-17-9-7-14(12-18(17)30-3)20(27)24-23-19(26)13-6-8-15-16(11-13)22(29)25(2)21(15)28/h6-9,11-12,28-29H,4-5,10H2,1-3H3. The molecule has 2 aromatic carbocycles. The molecule has 1 aromatic heterocycles. The molecular weight excluding hydrogens is 402 g/mol. The molecule has 0 fully saturated rings. The predicted molar refractivity (Wildman–Crippen MR) is 113 cm³/mol. The lowest BCUT2D eigenvalue weighted by Gasteiger charge is -2.10. The summed E-state index contributed by atoms with van der Waals surface area (Å²) in [5, 5.41) is 27.7. The summed E-state index contributed by atoms with van der Waals surface area (Å²) in [5.41, 5.74) is 0.305. The maximum Gasteiger partial charge on any atom is 0.295 e. The lowest BCUT2D eigenvalue weighted by Crippen LogP contribution is -2.02. The van der Waals surface area contributed by atoms with E-state index in [0.717, 1.165) is 12.8 Å². The lowest BCUT2D eigenvalue weighted by molar-refractivity contribution is 0.0946. The number of hydrogen-bond donors (Lipinski definition) is 2. The van der Waals surface area contributed by atoms with Crippen molar-refractivity contribution in [2.45, 2.75) is 19.8 Å². The number of benzene rings is 2. The molecule has 0 aliphatic carbocycles. The molecule has 3 aromatic rings. The Kier molecular flexibility index (Phi) is 6.54. The zero-order valence-corrected chi connectivity index (χ0v) is 17.5. The van der Waals surface area contributed by atoms with E-state index >= 15 is 0 Å². The van der Waals surface area contributed by atoms with E-state index < -0.39 is 11.8 Å². The predicted octanol–water partition coefficient (Wildman–Crippen LogP) is 4.21. The molecule has 31 heavy (non-hydrogen) atoms. The number of fused-ring (bicyclic) bond motifs is 1. The van der Waals surface area contributed by atoms with E-state index in [0.29, 0.717) is 23.5 Å². The van der Waals surface area contributed by atoms with Crippen LogP contribution in [-0.4, -0.2) is 40.3 Å². The molecule has 0 aliphatic rings. The van der Waals surface area contributed by atoms with Crippen LogP contribution in [0.5, 0.6) is 23.3 Å². The largest absolute Gasteiger partial charge is 0.494 e. The summed E-state index contributed by atoms with van der Waals surface area (Å²) in [6.45, 7) is 2.59. The molecule has 0 spiro atoms. The molecule has 0 saturated heterocycles. The van der Waals surface area contributed by atoms with E-state index in [1.54, 1.807) is 6.07 Å². The molecule has 0 aliphatic heterocycles. The van der Waals surface area contributed by atoms with Gasteiger partial charge in [0.05, 0.1) is 13.7 Å². The number of carbonyl (C=O) groups is 2. The Hall–Kier alpha value is -3.88. The molecule has 1 heterocycles. The van der Waals surface area contributed by atoms with E-state index in [9.17, 15) is 19.8 Å². The second-order valence-corrected chi connectivity index (χ2v) is 6.84. The maximum atomic E-state index is 12.3. The summed E-state index contributed by atoms with van der Waals surface area (Å²) >= 11 is 0. The van der Waals surface area contributed by atoms with Crippen molar-refractivity contribution in [3.05, 3.63) is 47.5 Å². The van der Waals surface area contributed by atoms with Crippen molar-refractivity contribution >= 4 is 22.6 Å². The van der Waals surface area contributed by atoms with Crippen LogP contribution in [0.2, 0.25) is 0 Å². The monoisotopic (exact) mass is 425 g/mol. The number of amides is 2. The summed E-state index contributed by atoms with van der Waals surface area (Å²) in [4.78, 5) is 24.7. The SMILES string of the molecule is CCCCOc1ccc(C(=O)N=NC(=O)c2ccc3c(O)n(C)c(O)c3c2)cc1OC. The molecular formula is C22H23N3O6. The second kappa shape index (κ2) is 9.29. The van der Waals surface area contributed by atoms with Crippen molar-refractivity contribution in [2.75, 3.05) is 13.7 Å². The summed E-state index contributed by atoms with van der Waals surface area (Å²) in [7, 11) is 2.95. The lowest BCUT2D eigenvalue weighted by atomic mass is 10.1. The highest BCUT2D eigenvalue weighted by atomic mass is 16.5. The fourth-order valence-corrected chi connectivity index (χ4v) is 2.97. The molecule has 2 N–H and O–H groups in total. The molecule has 0 atom stereocenters. The van der Waals surface area contributed by atoms with Crippen LogP contribution in [-0.2, 0) is 7.05 Å². The minimum Gasteiger partial charge on any atom is -0.494 e. The van der Waals surface area contributed by atoms with Crippen LogP contribution in [0.3, 0.4) is 0 Å². The zero-order chi connectivity index (χ0) is 22.5. The van der Waals surface area contributed by atoms with Gasteiger partial charge in [-0.25, -0.2) is 0 Å². The number of methoxy groups -OCH3 is 1. The quantitative estimate of drug-likeness (QED) is 0.432. The minimum atomic E-state index is -0.760. The Balaban J connectivity index is 1.77. The fraction of sp³-hybridized carbons (Fsp3) is 0.273. The number of aromatic hydroxyl groups is 2. The Morgan fingerprint density at radius 1 is 0.935 bits per heavy atom. The van der Waals surface area contributed by atoms with Crippen LogP contribution < -0.4 is 9.47 Å².